The number of nitrogens with one attached hydrogen (secondary N) is 1. The fraction of sp³-hybridized carbons (Fsp3) is 0.929. The molecule has 0 bridgehead atoms. The van der Waals surface area contributed by atoms with Crippen molar-refractivity contribution >= 4 is 5.91 Å². The van der Waals surface area contributed by atoms with Gasteiger partial charge in [-0.2, -0.15) is 0 Å². The summed E-state index contributed by atoms with van der Waals surface area (Å²) in [7, 11) is 1.84. The van der Waals surface area contributed by atoms with Gasteiger partial charge in [0, 0.05) is 19.0 Å². The first-order valence-electron chi connectivity index (χ1n) is 7.20. The van der Waals surface area contributed by atoms with Crippen LogP contribution in [-0.4, -0.2) is 48.2 Å². The Morgan fingerprint density at radius 3 is 2.50 bits per heavy atom. The molecule has 1 amide bonds. The Kier molecular flexibility index (Phi) is 3.97. The van der Waals surface area contributed by atoms with E-state index >= 15 is 0 Å². The number of hydrogen-bond donors (Lipinski definition) is 2. The molecule has 1 aliphatic heterocycles. The van der Waals surface area contributed by atoms with E-state index in [1.54, 1.807) is 4.90 Å². The average Bonchev–Trinajstić information content (AvgIpc) is 2.98. The summed E-state index contributed by atoms with van der Waals surface area (Å²) in [6.07, 6.45) is 6.03. The highest BCUT2D eigenvalue weighted by Gasteiger charge is 2.43. The second-order valence-corrected chi connectivity index (χ2v) is 6.15. The first-order valence-corrected chi connectivity index (χ1v) is 7.20. The van der Waals surface area contributed by atoms with Crippen LogP contribution in [0.3, 0.4) is 0 Å². The quantitative estimate of drug-likeness (QED) is 0.791. The maximum absolute atomic E-state index is 12.6. The minimum Gasteiger partial charge on any atom is -0.387 e. The van der Waals surface area contributed by atoms with E-state index in [0.29, 0.717) is 13.1 Å². The molecule has 2 rings (SSSR count). The Morgan fingerprint density at radius 1 is 1.33 bits per heavy atom. The first kappa shape index (κ1) is 13.8. The van der Waals surface area contributed by atoms with Gasteiger partial charge in [0.15, 0.2) is 0 Å². The number of hydrogen-bond acceptors (Lipinski definition) is 3. The highest BCUT2D eigenvalue weighted by molar-refractivity contribution is 5.82. The summed E-state index contributed by atoms with van der Waals surface area (Å²) >= 11 is 0. The van der Waals surface area contributed by atoms with Crippen molar-refractivity contribution < 1.29 is 9.90 Å². The third kappa shape index (κ3) is 2.54. The van der Waals surface area contributed by atoms with Crippen LogP contribution in [0, 0.1) is 5.41 Å². The first-order chi connectivity index (χ1) is 8.51. The van der Waals surface area contributed by atoms with E-state index in [-0.39, 0.29) is 11.3 Å². The number of nitrogens with zero attached hydrogens (tertiary/aromatic N) is 1. The molecular formula is C14H26N2O2. The molecule has 104 valence electrons. The van der Waals surface area contributed by atoms with Gasteiger partial charge in [-0.25, -0.2) is 0 Å². The van der Waals surface area contributed by atoms with Crippen molar-refractivity contribution in [1.82, 2.24) is 10.2 Å². The molecule has 0 aromatic rings. The zero-order valence-corrected chi connectivity index (χ0v) is 11.7. The molecular weight excluding hydrogens is 228 g/mol. The molecule has 2 aliphatic rings. The Balaban J connectivity index is 1.99. The Hall–Kier alpha value is -0.610. The fourth-order valence-corrected chi connectivity index (χ4v) is 3.55. The maximum atomic E-state index is 12.6. The van der Waals surface area contributed by atoms with E-state index in [0.717, 1.165) is 32.2 Å². The molecule has 1 atom stereocenters. The minimum atomic E-state index is -0.724. The Bertz CT molecular complexity index is 305. The summed E-state index contributed by atoms with van der Waals surface area (Å²) in [5, 5.41) is 13.5. The lowest BCUT2D eigenvalue weighted by molar-refractivity contribution is -0.143. The lowest BCUT2D eigenvalue weighted by Crippen LogP contribution is -2.49. The number of carbonyl (C=O) groups excluding carboxylic acids is 1. The van der Waals surface area contributed by atoms with E-state index < -0.39 is 5.60 Å². The second kappa shape index (κ2) is 5.17. The van der Waals surface area contributed by atoms with Crippen molar-refractivity contribution in [1.29, 1.82) is 0 Å². The zero-order valence-electron chi connectivity index (χ0n) is 11.7. The second-order valence-electron chi connectivity index (χ2n) is 6.15. The van der Waals surface area contributed by atoms with Gasteiger partial charge in [-0.3, -0.25) is 4.79 Å². The van der Waals surface area contributed by atoms with Gasteiger partial charge in [-0.15, -0.1) is 0 Å². The van der Waals surface area contributed by atoms with E-state index in [9.17, 15) is 9.90 Å². The maximum Gasteiger partial charge on any atom is 0.228 e. The van der Waals surface area contributed by atoms with E-state index in [4.69, 9.17) is 0 Å². The fourth-order valence-electron chi connectivity index (χ4n) is 3.55. The van der Waals surface area contributed by atoms with Crippen molar-refractivity contribution in [2.24, 2.45) is 5.41 Å². The average molecular weight is 254 g/mol. The van der Waals surface area contributed by atoms with Gasteiger partial charge in [0.25, 0.3) is 0 Å². The number of aliphatic hydroxyl groups is 1. The van der Waals surface area contributed by atoms with Crippen molar-refractivity contribution in [3.05, 3.63) is 0 Å². The molecule has 0 aromatic carbocycles. The largest absolute Gasteiger partial charge is 0.387 e. The van der Waals surface area contributed by atoms with Gasteiger partial charge >= 0.3 is 0 Å². The summed E-state index contributed by atoms with van der Waals surface area (Å²) in [4.78, 5) is 14.4. The number of amides is 1. The summed E-state index contributed by atoms with van der Waals surface area (Å²) in [5.41, 5.74) is -0.866. The van der Waals surface area contributed by atoms with Crippen LogP contribution in [0.15, 0.2) is 0 Å². The molecule has 1 aliphatic carbocycles. The molecule has 0 spiro atoms. The number of β-amino-alcohol motifs (C(OH)–C–C–N with tert-alkyl or cyclic N) is 1. The van der Waals surface area contributed by atoms with Crippen molar-refractivity contribution in [2.45, 2.75) is 51.0 Å². The van der Waals surface area contributed by atoms with E-state index in [2.05, 4.69) is 12.2 Å². The van der Waals surface area contributed by atoms with Crippen LogP contribution in [0.2, 0.25) is 0 Å². The molecule has 2 N–H and O–H groups in total. The molecule has 4 nitrogen and oxygen atoms in total. The normalized spacial score (nSPS) is 30.6. The third-order valence-electron chi connectivity index (χ3n) is 4.79. The summed E-state index contributed by atoms with van der Waals surface area (Å²) in [5.74, 6) is 0.239. The Morgan fingerprint density at radius 2 is 2.00 bits per heavy atom. The van der Waals surface area contributed by atoms with Gasteiger partial charge in [-0.1, -0.05) is 19.8 Å². The van der Waals surface area contributed by atoms with Gasteiger partial charge in [-0.05, 0) is 32.2 Å². The van der Waals surface area contributed by atoms with Gasteiger partial charge in [0.2, 0.25) is 5.91 Å². The van der Waals surface area contributed by atoms with Crippen molar-refractivity contribution in [3.63, 3.8) is 0 Å². The van der Waals surface area contributed by atoms with E-state index in [1.807, 2.05) is 7.05 Å². The number of likely N-dealkylation sites (N-methyl/N-ethyl adjacent to an activating group) is 1. The summed E-state index contributed by atoms with van der Waals surface area (Å²) in [6.45, 7) is 4.02. The van der Waals surface area contributed by atoms with E-state index in [1.165, 1.54) is 12.8 Å². The van der Waals surface area contributed by atoms with Crippen molar-refractivity contribution in [2.75, 3.05) is 26.7 Å². The van der Waals surface area contributed by atoms with Crippen LogP contribution in [-0.2, 0) is 4.79 Å². The Labute approximate surface area is 110 Å². The lowest BCUT2D eigenvalue weighted by atomic mass is 9.81. The van der Waals surface area contributed by atoms with Gasteiger partial charge in [0.1, 0.15) is 0 Å². The zero-order chi connectivity index (χ0) is 13.2. The van der Waals surface area contributed by atoms with Crippen LogP contribution < -0.4 is 5.32 Å². The topological polar surface area (TPSA) is 52.6 Å². The van der Waals surface area contributed by atoms with Crippen molar-refractivity contribution in [3.8, 4) is 0 Å². The predicted molar refractivity (Wildman–Crippen MR) is 71.3 cm³/mol. The van der Waals surface area contributed by atoms with Crippen LogP contribution in [0.5, 0.6) is 0 Å². The molecule has 2 fully saturated rings. The minimum absolute atomic E-state index is 0.142. The molecule has 1 saturated carbocycles. The highest BCUT2D eigenvalue weighted by Crippen LogP contribution is 2.42. The predicted octanol–water partition coefficient (Wildman–Crippen LogP) is 1.14. The molecule has 0 radical (unpaired) electrons. The molecule has 1 heterocycles. The SMILES string of the molecule is CCC1(C(=O)N(C)CC2(O)CCNC2)CCCC1. The number of carbonyl (C=O) groups is 1. The monoisotopic (exact) mass is 254 g/mol. The number of rotatable bonds is 4. The molecule has 1 unspecified atom stereocenters. The van der Waals surface area contributed by atoms with Crippen LogP contribution >= 0.6 is 0 Å². The lowest BCUT2D eigenvalue weighted by Gasteiger charge is -2.35. The van der Waals surface area contributed by atoms with Crippen LogP contribution in [0.1, 0.15) is 45.4 Å². The van der Waals surface area contributed by atoms with Gasteiger partial charge < -0.3 is 15.3 Å². The highest BCUT2D eigenvalue weighted by atomic mass is 16.3. The van der Waals surface area contributed by atoms with Gasteiger partial charge in [0.05, 0.1) is 12.1 Å². The summed E-state index contributed by atoms with van der Waals surface area (Å²) < 4.78 is 0. The third-order valence-corrected chi connectivity index (χ3v) is 4.79. The summed E-state index contributed by atoms with van der Waals surface area (Å²) in [6, 6.07) is 0. The smallest absolute Gasteiger partial charge is 0.228 e. The molecule has 18 heavy (non-hydrogen) atoms. The van der Waals surface area contributed by atoms with Crippen LogP contribution in [0.25, 0.3) is 0 Å². The van der Waals surface area contributed by atoms with Crippen LogP contribution in [0.4, 0.5) is 0 Å². The molecule has 0 aromatic heterocycles. The molecule has 1 saturated heterocycles. The molecule has 4 heteroatoms. The standard InChI is InChI=1S/C14H26N2O2/c1-3-13(6-4-5-7-13)12(17)16(2)11-14(18)8-9-15-10-14/h15,18H,3-11H2,1-2H3.